The average molecular weight is 504 g/mol. The number of hydrogen-bond acceptors (Lipinski definition) is 7. The highest BCUT2D eigenvalue weighted by atomic mass is 32.1. The first-order valence-corrected chi connectivity index (χ1v) is 12.1. The summed E-state index contributed by atoms with van der Waals surface area (Å²) in [5.74, 6) is -1.07. The number of ether oxygens (including phenoxy) is 2. The van der Waals surface area contributed by atoms with Gasteiger partial charge in [-0.1, -0.05) is 60.7 Å². The second-order valence-corrected chi connectivity index (χ2v) is 9.07. The topological polar surface area (TPSA) is 107 Å². The summed E-state index contributed by atoms with van der Waals surface area (Å²) in [6.45, 7) is 1.85. The molecule has 0 radical (unpaired) electrons. The van der Waals surface area contributed by atoms with Crippen molar-refractivity contribution >= 4 is 39.5 Å². The van der Waals surface area contributed by atoms with Crippen molar-refractivity contribution in [2.75, 3.05) is 6.54 Å². The molecule has 8 nitrogen and oxygen atoms in total. The smallest absolute Gasteiger partial charge is 0.408 e. The van der Waals surface area contributed by atoms with Crippen molar-refractivity contribution in [1.82, 2.24) is 15.6 Å². The molecule has 0 bridgehead atoms. The lowest BCUT2D eigenvalue weighted by atomic mass is 10.2. The second kappa shape index (κ2) is 11.9. The van der Waals surface area contributed by atoms with E-state index in [2.05, 4.69) is 15.6 Å². The van der Waals surface area contributed by atoms with Crippen LogP contribution in [0, 0.1) is 6.92 Å². The highest BCUT2D eigenvalue weighted by molar-refractivity contribution is 7.21. The molecule has 0 aliphatic carbocycles. The molecule has 0 unspecified atom stereocenters. The Labute approximate surface area is 212 Å². The van der Waals surface area contributed by atoms with Crippen molar-refractivity contribution in [2.45, 2.75) is 26.2 Å². The maximum atomic E-state index is 12.8. The first kappa shape index (κ1) is 24.9. The van der Waals surface area contributed by atoms with Crippen LogP contribution in [0.15, 0.2) is 79.0 Å². The molecule has 2 aromatic carbocycles. The lowest BCUT2D eigenvalue weighted by Gasteiger charge is -2.18. The summed E-state index contributed by atoms with van der Waals surface area (Å²) in [4.78, 5) is 42.8. The first-order chi connectivity index (χ1) is 17.5. The molecule has 36 heavy (non-hydrogen) atoms. The largest absolute Gasteiger partial charge is 0.459 e. The molecule has 1 atom stereocenters. The standard InChI is InChI=1S/C27H25N3O5S/c1-18-12-13-28-21-14-23(36-24(18)21)25(31)29-15-22(26(32)34-16-19-8-4-2-5-9-19)30-27(33)35-17-20-10-6-3-7-11-20/h2-14,22H,15-17H2,1H3,(H,29,31)(H,30,33)/t22-/m1/s1. The molecule has 2 heterocycles. The van der Waals surface area contributed by atoms with E-state index in [0.717, 1.165) is 26.9 Å². The molecule has 0 saturated carbocycles. The zero-order valence-electron chi connectivity index (χ0n) is 19.6. The van der Waals surface area contributed by atoms with Crippen molar-refractivity contribution in [2.24, 2.45) is 0 Å². The fourth-order valence-corrected chi connectivity index (χ4v) is 4.39. The molecule has 2 N–H and O–H groups in total. The van der Waals surface area contributed by atoms with Crippen LogP contribution in [-0.2, 0) is 27.5 Å². The minimum atomic E-state index is -1.14. The molecule has 0 spiro atoms. The maximum absolute atomic E-state index is 12.8. The fourth-order valence-electron chi connectivity index (χ4n) is 3.39. The van der Waals surface area contributed by atoms with E-state index < -0.39 is 18.1 Å². The molecule has 4 rings (SSSR count). The number of fused-ring (bicyclic) bond motifs is 1. The predicted octanol–water partition coefficient (Wildman–Crippen LogP) is 4.37. The lowest BCUT2D eigenvalue weighted by Crippen LogP contribution is -2.49. The van der Waals surface area contributed by atoms with E-state index >= 15 is 0 Å². The van der Waals surface area contributed by atoms with Gasteiger partial charge in [0, 0.05) is 12.7 Å². The third-order valence-electron chi connectivity index (χ3n) is 5.31. The molecular weight excluding hydrogens is 478 g/mol. The highest BCUT2D eigenvalue weighted by Gasteiger charge is 2.25. The summed E-state index contributed by atoms with van der Waals surface area (Å²) >= 11 is 1.32. The fraction of sp³-hybridized carbons (Fsp3) is 0.185. The van der Waals surface area contributed by atoms with Gasteiger partial charge in [-0.05, 0) is 35.7 Å². The van der Waals surface area contributed by atoms with E-state index in [9.17, 15) is 14.4 Å². The maximum Gasteiger partial charge on any atom is 0.408 e. The van der Waals surface area contributed by atoms with Gasteiger partial charge in [0.15, 0.2) is 0 Å². The van der Waals surface area contributed by atoms with Gasteiger partial charge in [-0.15, -0.1) is 11.3 Å². The van der Waals surface area contributed by atoms with E-state index in [-0.39, 0.29) is 25.7 Å². The summed E-state index contributed by atoms with van der Waals surface area (Å²) < 4.78 is 11.5. The van der Waals surface area contributed by atoms with Crippen LogP contribution in [0.4, 0.5) is 4.79 Å². The van der Waals surface area contributed by atoms with Gasteiger partial charge in [0.25, 0.3) is 5.91 Å². The molecule has 184 valence electrons. The molecule has 2 aromatic heterocycles. The summed E-state index contributed by atoms with van der Waals surface area (Å²) in [5.41, 5.74) is 3.35. The summed E-state index contributed by atoms with van der Waals surface area (Å²) in [5, 5.41) is 5.22. The highest BCUT2D eigenvalue weighted by Crippen LogP contribution is 2.26. The number of carbonyl (C=O) groups is 3. The number of thiophene rings is 1. The van der Waals surface area contributed by atoms with Crippen LogP contribution in [0.1, 0.15) is 26.4 Å². The molecule has 0 aliphatic heterocycles. The number of alkyl carbamates (subject to hydrolysis) is 1. The molecular formula is C27H25N3O5S. The van der Waals surface area contributed by atoms with Gasteiger partial charge in [0.05, 0.1) is 15.1 Å². The van der Waals surface area contributed by atoms with Crippen LogP contribution in [0.3, 0.4) is 0 Å². The zero-order chi connectivity index (χ0) is 25.3. The van der Waals surface area contributed by atoms with Crippen molar-refractivity contribution in [3.63, 3.8) is 0 Å². The second-order valence-electron chi connectivity index (χ2n) is 8.01. The van der Waals surface area contributed by atoms with E-state index in [4.69, 9.17) is 9.47 Å². The Bertz CT molecular complexity index is 1340. The number of pyridine rings is 1. The Morgan fingerprint density at radius 2 is 1.56 bits per heavy atom. The van der Waals surface area contributed by atoms with Gasteiger partial charge in [0.1, 0.15) is 19.3 Å². The Hall–Kier alpha value is -4.24. The first-order valence-electron chi connectivity index (χ1n) is 11.3. The molecule has 0 fully saturated rings. The van der Waals surface area contributed by atoms with Gasteiger partial charge in [-0.2, -0.15) is 0 Å². The van der Waals surface area contributed by atoms with Gasteiger partial charge in [-0.3, -0.25) is 9.78 Å². The van der Waals surface area contributed by atoms with Gasteiger partial charge >= 0.3 is 12.1 Å². The van der Waals surface area contributed by atoms with Crippen molar-refractivity contribution < 1.29 is 23.9 Å². The van der Waals surface area contributed by atoms with Crippen LogP contribution < -0.4 is 10.6 Å². The quantitative estimate of drug-likeness (QED) is 0.329. The Balaban J connectivity index is 1.40. The van der Waals surface area contributed by atoms with Crippen LogP contribution in [0.25, 0.3) is 10.2 Å². The number of hydrogen-bond donors (Lipinski definition) is 2. The third kappa shape index (κ3) is 6.67. The molecule has 4 aromatic rings. The van der Waals surface area contributed by atoms with Gasteiger partial charge in [-0.25, -0.2) is 9.59 Å². The van der Waals surface area contributed by atoms with Crippen molar-refractivity contribution in [1.29, 1.82) is 0 Å². The number of esters is 1. The van der Waals surface area contributed by atoms with Crippen molar-refractivity contribution in [3.05, 3.63) is 101 Å². The predicted molar refractivity (Wildman–Crippen MR) is 136 cm³/mol. The molecule has 0 saturated heterocycles. The van der Waals surface area contributed by atoms with E-state index in [1.54, 1.807) is 12.3 Å². The average Bonchev–Trinajstić information content (AvgIpc) is 3.35. The number of carbonyl (C=O) groups excluding carboxylic acids is 3. The lowest BCUT2D eigenvalue weighted by molar-refractivity contribution is -0.147. The SMILES string of the molecule is Cc1ccnc2cc(C(=O)NC[C@@H](NC(=O)OCc3ccccc3)C(=O)OCc3ccccc3)sc12. The Kier molecular flexibility index (Phi) is 8.25. The van der Waals surface area contributed by atoms with E-state index in [1.165, 1.54) is 11.3 Å². The molecule has 2 amide bonds. The van der Waals surface area contributed by atoms with Gasteiger partial charge < -0.3 is 20.1 Å². The van der Waals surface area contributed by atoms with Gasteiger partial charge in [0.2, 0.25) is 0 Å². The number of benzene rings is 2. The summed E-state index contributed by atoms with van der Waals surface area (Å²) in [6.07, 6.45) is 0.895. The van der Waals surface area contributed by atoms with E-state index in [0.29, 0.717) is 4.88 Å². The van der Waals surface area contributed by atoms with Crippen LogP contribution in [-0.4, -0.2) is 35.5 Å². The number of nitrogens with zero attached hydrogens (tertiary/aromatic N) is 1. The minimum absolute atomic E-state index is 0.0339. The van der Waals surface area contributed by atoms with Crippen LogP contribution >= 0.6 is 11.3 Å². The minimum Gasteiger partial charge on any atom is -0.459 e. The third-order valence-corrected chi connectivity index (χ3v) is 6.57. The number of aryl methyl sites for hydroxylation is 1. The number of amides is 2. The summed E-state index contributed by atoms with van der Waals surface area (Å²) in [6, 6.07) is 20.8. The Morgan fingerprint density at radius 1 is 0.917 bits per heavy atom. The number of aromatic nitrogens is 1. The zero-order valence-corrected chi connectivity index (χ0v) is 20.4. The van der Waals surface area contributed by atoms with Crippen LogP contribution in [0.2, 0.25) is 0 Å². The van der Waals surface area contributed by atoms with E-state index in [1.807, 2.05) is 73.7 Å². The normalized spacial score (nSPS) is 11.5. The summed E-state index contributed by atoms with van der Waals surface area (Å²) in [7, 11) is 0. The Morgan fingerprint density at radius 3 is 2.19 bits per heavy atom. The monoisotopic (exact) mass is 503 g/mol. The van der Waals surface area contributed by atoms with Crippen molar-refractivity contribution in [3.8, 4) is 0 Å². The number of rotatable bonds is 9. The molecule has 9 heteroatoms. The molecule has 0 aliphatic rings. The number of nitrogens with one attached hydrogen (secondary N) is 2. The van der Waals surface area contributed by atoms with Crippen LogP contribution in [0.5, 0.6) is 0 Å².